The first-order valence-electron chi connectivity index (χ1n) is 5.65. The van der Waals surface area contributed by atoms with Crippen LogP contribution >= 0.6 is 0 Å². The van der Waals surface area contributed by atoms with Gasteiger partial charge in [-0.3, -0.25) is 0 Å². The van der Waals surface area contributed by atoms with Gasteiger partial charge in [0.25, 0.3) is 0 Å². The zero-order valence-electron chi connectivity index (χ0n) is 9.41. The summed E-state index contributed by atoms with van der Waals surface area (Å²) >= 11 is 0. The molecular weight excluding hydrogens is 210 g/mol. The molecule has 0 aliphatic heterocycles. The average Bonchev–Trinajstić information content (AvgIpc) is 3.00. The molecule has 0 N–H and O–H groups in total. The Bertz CT molecular complexity index is 578. The van der Waals surface area contributed by atoms with E-state index in [4.69, 9.17) is 4.42 Å². The zero-order valence-corrected chi connectivity index (χ0v) is 9.41. The second-order valence-corrected chi connectivity index (χ2v) is 4.04. The van der Waals surface area contributed by atoms with E-state index in [2.05, 4.69) is 47.3 Å². The van der Waals surface area contributed by atoms with Crippen molar-refractivity contribution in [1.29, 1.82) is 0 Å². The van der Waals surface area contributed by atoms with Crippen LogP contribution in [0.4, 0.5) is 0 Å². The lowest BCUT2D eigenvalue weighted by atomic mass is 10.2. The van der Waals surface area contributed by atoms with Gasteiger partial charge < -0.3 is 8.98 Å². The van der Waals surface area contributed by atoms with Gasteiger partial charge in [-0.15, -0.1) is 0 Å². The number of rotatable bonds is 3. The minimum absolute atomic E-state index is 0.890. The lowest BCUT2D eigenvalue weighted by Crippen LogP contribution is -1.95. The summed E-state index contributed by atoms with van der Waals surface area (Å²) in [5.74, 6) is 0.914. The summed E-state index contributed by atoms with van der Waals surface area (Å²) < 4.78 is 7.53. The van der Waals surface area contributed by atoms with E-state index >= 15 is 0 Å². The molecule has 0 bridgehead atoms. The SMILES string of the molecule is c1ccc(Cn2ccc(-c3ccco3)c2)cc1. The summed E-state index contributed by atoms with van der Waals surface area (Å²) in [6.07, 6.45) is 5.88. The average molecular weight is 223 g/mol. The fourth-order valence-electron chi connectivity index (χ4n) is 1.92. The van der Waals surface area contributed by atoms with Crippen LogP contribution in [0.1, 0.15) is 5.56 Å². The summed E-state index contributed by atoms with van der Waals surface area (Å²) in [6.45, 7) is 0.890. The molecule has 17 heavy (non-hydrogen) atoms. The molecule has 0 amide bonds. The minimum atomic E-state index is 0.890. The summed E-state index contributed by atoms with van der Waals surface area (Å²) in [5.41, 5.74) is 2.42. The maximum atomic E-state index is 5.37. The van der Waals surface area contributed by atoms with Crippen LogP contribution in [0.2, 0.25) is 0 Å². The van der Waals surface area contributed by atoms with E-state index in [0.29, 0.717) is 0 Å². The van der Waals surface area contributed by atoms with Gasteiger partial charge in [0.05, 0.1) is 6.26 Å². The Kier molecular flexibility index (Phi) is 2.54. The zero-order chi connectivity index (χ0) is 11.5. The highest BCUT2D eigenvalue weighted by Crippen LogP contribution is 2.20. The van der Waals surface area contributed by atoms with Crippen LogP contribution < -0.4 is 0 Å². The van der Waals surface area contributed by atoms with Crippen LogP contribution in [0.5, 0.6) is 0 Å². The fourth-order valence-corrected chi connectivity index (χ4v) is 1.92. The number of furan rings is 1. The highest BCUT2D eigenvalue weighted by Gasteiger charge is 2.02. The Labute approximate surface area is 100 Å². The lowest BCUT2D eigenvalue weighted by Gasteiger charge is -2.02. The van der Waals surface area contributed by atoms with E-state index in [-0.39, 0.29) is 0 Å². The molecule has 2 heterocycles. The molecule has 3 aromatic rings. The van der Waals surface area contributed by atoms with Crippen molar-refractivity contribution in [3.05, 3.63) is 72.8 Å². The van der Waals surface area contributed by atoms with Crippen molar-refractivity contribution in [1.82, 2.24) is 4.57 Å². The largest absolute Gasteiger partial charge is 0.464 e. The highest BCUT2D eigenvalue weighted by molar-refractivity contribution is 5.56. The lowest BCUT2D eigenvalue weighted by molar-refractivity contribution is 0.582. The molecule has 3 rings (SSSR count). The van der Waals surface area contributed by atoms with Crippen LogP contribution in [0.15, 0.2) is 71.6 Å². The highest BCUT2D eigenvalue weighted by atomic mass is 16.3. The van der Waals surface area contributed by atoms with Gasteiger partial charge in [-0.25, -0.2) is 0 Å². The van der Waals surface area contributed by atoms with Gasteiger partial charge in [0.2, 0.25) is 0 Å². The first kappa shape index (κ1) is 9.97. The van der Waals surface area contributed by atoms with Crippen LogP contribution in [-0.2, 0) is 6.54 Å². The van der Waals surface area contributed by atoms with Crippen LogP contribution in [0, 0.1) is 0 Å². The third kappa shape index (κ3) is 2.16. The van der Waals surface area contributed by atoms with Gasteiger partial charge in [0.15, 0.2) is 0 Å². The van der Waals surface area contributed by atoms with Gasteiger partial charge in [0, 0.05) is 24.5 Å². The fraction of sp³-hybridized carbons (Fsp3) is 0.0667. The van der Waals surface area contributed by atoms with Crippen molar-refractivity contribution < 1.29 is 4.42 Å². The third-order valence-electron chi connectivity index (χ3n) is 2.76. The first-order chi connectivity index (χ1) is 8.42. The normalized spacial score (nSPS) is 10.6. The first-order valence-corrected chi connectivity index (χ1v) is 5.65. The van der Waals surface area contributed by atoms with Gasteiger partial charge in [0.1, 0.15) is 5.76 Å². The van der Waals surface area contributed by atoms with E-state index in [1.165, 1.54) is 5.56 Å². The summed E-state index contributed by atoms with van der Waals surface area (Å²) in [5, 5.41) is 0. The molecule has 0 radical (unpaired) electrons. The van der Waals surface area contributed by atoms with E-state index in [1.807, 2.05) is 18.2 Å². The maximum absolute atomic E-state index is 5.37. The minimum Gasteiger partial charge on any atom is -0.464 e. The van der Waals surface area contributed by atoms with E-state index in [0.717, 1.165) is 17.9 Å². The van der Waals surface area contributed by atoms with Crippen molar-refractivity contribution in [2.45, 2.75) is 6.54 Å². The Hall–Kier alpha value is -2.22. The monoisotopic (exact) mass is 223 g/mol. The van der Waals surface area contributed by atoms with Crippen LogP contribution in [0.3, 0.4) is 0 Å². The molecule has 0 atom stereocenters. The number of hydrogen-bond donors (Lipinski definition) is 0. The molecule has 0 aliphatic carbocycles. The summed E-state index contributed by atoms with van der Waals surface area (Å²) in [7, 11) is 0. The third-order valence-corrected chi connectivity index (χ3v) is 2.76. The Morgan fingerprint density at radius 2 is 1.82 bits per heavy atom. The molecule has 2 aromatic heterocycles. The molecular formula is C15H13NO. The molecule has 84 valence electrons. The Morgan fingerprint density at radius 3 is 2.59 bits per heavy atom. The molecule has 1 aromatic carbocycles. The molecule has 0 fully saturated rings. The van der Waals surface area contributed by atoms with Gasteiger partial charge in [-0.2, -0.15) is 0 Å². The second kappa shape index (κ2) is 4.34. The van der Waals surface area contributed by atoms with Crippen molar-refractivity contribution in [2.24, 2.45) is 0 Å². The summed E-state index contributed by atoms with van der Waals surface area (Å²) in [4.78, 5) is 0. The van der Waals surface area contributed by atoms with Gasteiger partial charge >= 0.3 is 0 Å². The molecule has 2 heteroatoms. The van der Waals surface area contributed by atoms with Crippen molar-refractivity contribution in [3.63, 3.8) is 0 Å². The predicted molar refractivity (Wildman–Crippen MR) is 67.7 cm³/mol. The number of nitrogens with zero attached hydrogens (tertiary/aromatic N) is 1. The Morgan fingerprint density at radius 1 is 0.941 bits per heavy atom. The molecule has 2 nitrogen and oxygen atoms in total. The van der Waals surface area contributed by atoms with Crippen LogP contribution in [-0.4, -0.2) is 4.57 Å². The molecule has 0 aliphatic rings. The molecule has 0 saturated carbocycles. The number of aromatic nitrogens is 1. The second-order valence-electron chi connectivity index (χ2n) is 4.04. The van der Waals surface area contributed by atoms with E-state index in [9.17, 15) is 0 Å². The van der Waals surface area contributed by atoms with Crippen molar-refractivity contribution >= 4 is 0 Å². The summed E-state index contributed by atoms with van der Waals surface area (Å²) in [6, 6.07) is 16.4. The van der Waals surface area contributed by atoms with E-state index in [1.54, 1.807) is 6.26 Å². The van der Waals surface area contributed by atoms with Gasteiger partial charge in [-0.05, 0) is 23.8 Å². The van der Waals surface area contributed by atoms with Gasteiger partial charge in [-0.1, -0.05) is 30.3 Å². The molecule has 0 unspecified atom stereocenters. The predicted octanol–water partition coefficient (Wildman–Crippen LogP) is 3.80. The van der Waals surface area contributed by atoms with Crippen molar-refractivity contribution in [2.75, 3.05) is 0 Å². The number of benzene rings is 1. The van der Waals surface area contributed by atoms with Crippen LogP contribution in [0.25, 0.3) is 11.3 Å². The molecule has 0 saturated heterocycles. The van der Waals surface area contributed by atoms with E-state index < -0.39 is 0 Å². The smallest absolute Gasteiger partial charge is 0.135 e. The molecule has 0 spiro atoms. The number of hydrogen-bond acceptors (Lipinski definition) is 1. The standard InChI is InChI=1S/C15H13NO/c1-2-5-13(6-3-1)11-16-9-8-14(12-16)15-7-4-10-17-15/h1-10,12H,11H2. The maximum Gasteiger partial charge on any atom is 0.135 e. The van der Waals surface area contributed by atoms with Crippen molar-refractivity contribution in [3.8, 4) is 11.3 Å². The topological polar surface area (TPSA) is 18.1 Å². The Balaban J connectivity index is 1.82. The quantitative estimate of drug-likeness (QED) is 0.660.